The van der Waals surface area contributed by atoms with Crippen LogP contribution in [0.3, 0.4) is 0 Å². The van der Waals surface area contributed by atoms with Gasteiger partial charge < -0.3 is 14.3 Å². The van der Waals surface area contributed by atoms with Crippen molar-refractivity contribution >= 4 is 24.7 Å². The Kier molecular flexibility index (Phi) is 11.2. The van der Waals surface area contributed by atoms with Gasteiger partial charge in [0.25, 0.3) is 8.32 Å². The number of esters is 1. The molecule has 0 saturated carbocycles. The van der Waals surface area contributed by atoms with Crippen LogP contribution in [0.25, 0.3) is 0 Å². The van der Waals surface area contributed by atoms with E-state index in [1.165, 1.54) is 17.5 Å². The van der Waals surface area contributed by atoms with Gasteiger partial charge in [0, 0.05) is 6.10 Å². The zero-order valence-electron chi connectivity index (χ0n) is 21.5. The van der Waals surface area contributed by atoms with Gasteiger partial charge in [-0.1, -0.05) is 93.6 Å². The molecular formula is C29H42O4Si. The monoisotopic (exact) mass is 482 g/mol. The number of unbranched alkanes of at least 4 members (excludes halogenated alkanes) is 1. The van der Waals surface area contributed by atoms with Crippen molar-refractivity contribution < 1.29 is 19.1 Å². The smallest absolute Gasteiger partial charge is 0.308 e. The quantitative estimate of drug-likeness (QED) is 0.180. The van der Waals surface area contributed by atoms with E-state index >= 15 is 0 Å². The number of aliphatic hydroxyl groups is 1. The molecule has 0 amide bonds. The minimum atomic E-state index is -2.51. The van der Waals surface area contributed by atoms with Gasteiger partial charge in [-0.2, -0.15) is 0 Å². The van der Waals surface area contributed by atoms with E-state index < -0.39 is 14.4 Å². The van der Waals surface area contributed by atoms with Crippen LogP contribution in [0.15, 0.2) is 72.8 Å². The predicted molar refractivity (Wildman–Crippen MR) is 143 cm³/mol. The summed E-state index contributed by atoms with van der Waals surface area (Å²) in [6.07, 6.45) is 8.14. The van der Waals surface area contributed by atoms with Crippen molar-refractivity contribution in [3.05, 3.63) is 72.8 Å². The topological polar surface area (TPSA) is 55.8 Å². The van der Waals surface area contributed by atoms with E-state index in [0.717, 1.165) is 25.7 Å². The lowest BCUT2D eigenvalue weighted by molar-refractivity contribution is -0.142. The fraction of sp³-hybridized carbons (Fsp3) is 0.483. The number of hydrogen-bond donors (Lipinski definition) is 1. The highest BCUT2D eigenvalue weighted by atomic mass is 28.4. The van der Waals surface area contributed by atoms with Crippen LogP contribution in [0.5, 0.6) is 0 Å². The number of benzene rings is 2. The molecule has 186 valence electrons. The van der Waals surface area contributed by atoms with Crippen LogP contribution >= 0.6 is 0 Å². The summed E-state index contributed by atoms with van der Waals surface area (Å²) in [6, 6.07) is 21.5. The molecule has 5 heteroatoms. The highest BCUT2D eigenvalue weighted by Gasteiger charge is 2.50. The number of aliphatic hydroxyl groups excluding tert-OH is 1. The maximum atomic E-state index is 11.2. The molecule has 1 N–H and O–H groups in total. The molecule has 0 aliphatic rings. The fourth-order valence-electron chi connectivity index (χ4n) is 4.48. The first kappa shape index (κ1) is 28.0. The minimum Gasteiger partial charge on any atom is -0.469 e. The number of methoxy groups -OCH3 is 1. The molecule has 4 nitrogen and oxygen atoms in total. The van der Waals surface area contributed by atoms with Crippen molar-refractivity contribution in [2.75, 3.05) is 7.11 Å². The van der Waals surface area contributed by atoms with Crippen molar-refractivity contribution in [3.8, 4) is 0 Å². The Hall–Kier alpha value is -2.21. The molecule has 2 aromatic rings. The molecule has 0 aliphatic carbocycles. The molecule has 2 atom stereocenters. The molecule has 34 heavy (non-hydrogen) atoms. The van der Waals surface area contributed by atoms with Gasteiger partial charge in [-0.15, -0.1) is 0 Å². The number of allylic oxidation sites excluding steroid dienone is 2. The molecule has 0 aliphatic heterocycles. The summed E-state index contributed by atoms with van der Waals surface area (Å²) in [5, 5.41) is 12.4. The van der Waals surface area contributed by atoms with Crippen molar-refractivity contribution in [1.82, 2.24) is 0 Å². The second kappa shape index (κ2) is 13.6. The Morgan fingerprint density at radius 1 is 0.941 bits per heavy atom. The number of carbonyl (C=O) groups is 1. The second-order valence-corrected chi connectivity index (χ2v) is 14.3. The van der Waals surface area contributed by atoms with Gasteiger partial charge in [0.15, 0.2) is 0 Å². The molecule has 0 aromatic heterocycles. The third-order valence-electron chi connectivity index (χ3n) is 6.24. The van der Waals surface area contributed by atoms with Gasteiger partial charge in [-0.05, 0) is 54.4 Å². The van der Waals surface area contributed by atoms with Gasteiger partial charge in [-0.25, -0.2) is 0 Å². The second-order valence-electron chi connectivity index (χ2n) is 10.0. The molecule has 0 spiro atoms. The average Bonchev–Trinajstić information content (AvgIpc) is 2.82. The van der Waals surface area contributed by atoms with E-state index in [-0.39, 0.29) is 23.5 Å². The molecule has 0 bridgehead atoms. The van der Waals surface area contributed by atoms with Crippen LogP contribution in [0.2, 0.25) is 5.04 Å². The Morgan fingerprint density at radius 3 is 1.97 bits per heavy atom. The lowest BCUT2D eigenvalue weighted by Crippen LogP contribution is -2.67. The summed E-state index contributed by atoms with van der Waals surface area (Å²) in [4.78, 5) is 11.2. The number of hydrogen-bond acceptors (Lipinski definition) is 4. The summed E-state index contributed by atoms with van der Waals surface area (Å²) >= 11 is 0. The van der Waals surface area contributed by atoms with Crippen LogP contribution in [-0.2, 0) is 14.0 Å². The van der Waals surface area contributed by atoms with E-state index in [1.807, 2.05) is 0 Å². The fourth-order valence-corrected chi connectivity index (χ4v) is 9.21. The lowest BCUT2D eigenvalue weighted by atomic mass is 10.1. The third kappa shape index (κ3) is 7.93. The van der Waals surface area contributed by atoms with Crippen molar-refractivity contribution in [1.29, 1.82) is 0 Å². The molecule has 2 aromatic carbocycles. The van der Waals surface area contributed by atoms with Gasteiger partial charge in [0.1, 0.15) is 0 Å². The molecular weight excluding hydrogens is 440 g/mol. The lowest BCUT2D eigenvalue weighted by Gasteiger charge is -2.44. The SMILES string of the molecule is COC(=O)C[C@H](O)CC/C=C/CCC[C@H](C)O[Si](c1ccccc1)(c1ccccc1)C(C)(C)C. The van der Waals surface area contributed by atoms with Gasteiger partial charge in [0.05, 0.1) is 19.6 Å². The van der Waals surface area contributed by atoms with E-state index in [0.29, 0.717) is 6.42 Å². The first-order valence-corrected chi connectivity index (χ1v) is 14.3. The molecule has 0 radical (unpaired) electrons. The van der Waals surface area contributed by atoms with E-state index in [9.17, 15) is 9.90 Å². The number of carbonyl (C=O) groups excluding carboxylic acids is 1. The predicted octanol–water partition coefficient (Wildman–Crippen LogP) is 5.38. The maximum absolute atomic E-state index is 11.2. The normalized spacial score (nSPS) is 14.2. The standard InChI is InChI=1S/C29H42O4Si/c1-24(17-11-7-6-8-12-18-25(30)23-28(31)32-5)33-34(29(2,3)4,26-19-13-9-14-20-26)27-21-15-10-16-22-27/h6,8-10,13-16,19-22,24-25,30H,7,11-12,17-18,23H2,1-5H3/b8-6+/t24-,25+/m0/s1. The molecule has 0 heterocycles. The van der Waals surface area contributed by atoms with Gasteiger partial charge >= 0.3 is 5.97 Å². The van der Waals surface area contributed by atoms with Crippen molar-refractivity contribution in [3.63, 3.8) is 0 Å². The van der Waals surface area contributed by atoms with Crippen LogP contribution < -0.4 is 10.4 Å². The third-order valence-corrected chi connectivity index (χ3v) is 11.4. The summed E-state index contributed by atoms with van der Waals surface area (Å²) in [7, 11) is -1.17. The molecule has 0 unspecified atom stereocenters. The Morgan fingerprint density at radius 2 is 1.47 bits per heavy atom. The Balaban J connectivity index is 1.99. The Bertz CT molecular complexity index is 835. The van der Waals surface area contributed by atoms with Gasteiger partial charge in [0.2, 0.25) is 0 Å². The van der Waals surface area contributed by atoms with Crippen LogP contribution in [0.1, 0.15) is 66.2 Å². The zero-order chi connectivity index (χ0) is 25.0. The van der Waals surface area contributed by atoms with Crippen molar-refractivity contribution in [2.24, 2.45) is 0 Å². The summed E-state index contributed by atoms with van der Waals surface area (Å²) in [5.41, 5.74) is 0. The summed E-state index contributed by atoms with van der Waals surface area (Å²) < 4.78 is 11.7. The van der Waals surface area contributed by atoms with Crippen molar-refractivity contribution in [2.45, 2.75) is 83.5 Å². The molecule has 0 saturated heterocycles. The summed E-state index contributed by atoms with van der Waals surface area (Å²) in [6.45, 7) is 9.13. The highest BCUT2D eigenvalue weighted by molar-refractivity contribution is 6.99. The zero-order valence-corrected chi connectivity index (χ0v) is 22.5. The van der Waals surface area contributed by atoms with Gasteiger partial charge in [-0.3, -0.25) is 4.79 Å². The van der Waals surface area contributed by atoms with E-state index in [1.54, 1.807) is 0 Å². The molecule has 0 fully saturated rings. The van der Waals surface area contributed by atoms with E-state index in [2.05, 4.69) is 105 Å². The van der Waals surface area contributed by atoms with Crippen LogP contribution in [0.4, 0.5) is 0 Å². The maximum Gasteiger partial charge on any atom is 0.308 e. The molecule has 2 rings (SSSR count). The summed E-state index contributed by atoms with van der Waals surface area (Å²) in [5.74, 6) is -0.369. The number of ether oxygens (including phenoxy) is 1. The minimum absolute atomic E-state index is 0.0189. The first-order chi connectivity index (χ1) is 16.2. The Labute approximate surface area is 207 Å². The highest BCUT2D eigenvalue weighted by Crippen LogP contribution is 2.37. The first-order valence-electron chi connectivity index (χ1n) is 12.4. The van der Waals surface area contributed by atoms with E-state index in [4.69, 9.17) is 4.43 Å². The number of rotatable bonds is 13. The largest absolute Gasteiger partial charge is 0.469 e. The van der Waals surface area contributed by atoms with Crippen LogP contribution in [-0.4, -0.2) is 38.7 Å². The average molecular weight is 483 g/mol. The van der Waals surface area contributed by atoms with Crippen LogP contribution in [0, 0.1) is 0 Å².